The van der Waals surface area contributed by atoms with Crippen molar-refractivity contribution in [2.45, 2.75) is 26.5 Å². The van der Waals surface area contributed by atoms with Crippen molar-refractivity contribution in [3.63, 3.8) is 0 Å². The fourth-order valence-corrected chi connectivity index (χ4v) is 4.60. The zero-order valence-electron chi connectivity index (χ0n) is 21.6. The van der Waals surface area contributed by atoms with Gasteiger partial charge in [-0.1, -0.05) is 6.07 Å². The van der Waals surface area contributed by atoms with E-state index in [0.29, 0.717) is 28.8 Å². The molecule has 0 unspecified atom stereocenters. The van der Waals surface area contributed by atoms with Crippen LogP contribution in [0.2, 0.25) is 0 Å². The average molecular weight is 500 g/mol. The molecule has 3 heterocycles. The van der Waals surface area contributed by atoms with Gasteiger partial charge in [-0.25, -0.2) is 4.98 Å². The van der Waals surface area contributed by atoms with Crippen LogP contribution in [0, 0.1) is 0 Å². The predicted octanol–water partition coefficient (Wildman–Crippen LogP) is 4.70. The van der Waals surface area contributed by atoms with Crippen molar-refractivity contribution in [1.82, 2.24) is 14.3 Å². The lowest BCUT2D eigenvalue weighted by Gasteiger charge is -2.38. The second-order valence-electron chi connectivity index (χ2n) is 9.47. The number of fused-ring (bicyclic) bond motifs is 1. The van der Waals surface area contributed by atoms with Crippen LogP contribution in [0.5, 0.6) is 11.5 Å². The molecule has 37 heavy (non-hydrogen) atoms. The summed E-state index contributed by atoms with van der Waals surface area (Å²) < 4.78 is 13.4. The van der Waals surface area contributed by atoms with Crippen LogP contribution >= 0.6 is 0 Å². The Bertz CT molecular complexity index is 1320. The van der Waals surface area contributed by atoms with Gasteiger partial charge in [-0.15, -0.1) is 0 Å². The van der Waals surface area contributed by atoms with Gasteiger partial charge in [0.25, 0.3) is 5.91 Å². The normalized spacial score (nSPS) is 14.2. The van der Waals surface area contributed by atoms with Crippen molar-refractivity contribution < 1.29 is 14.3 Å². The van der Waals surface area contributed by atoms with Gasteiger partial charge in [0.1, 0.15) is 12.3 Å². The molecule has 0 atom stereocenters. The summed E-state index contributed by atoms with van der Waals surface area (Å²) in [6, 6.07) is 19.6. The number of anilines is 2. The first-order valence-corrected chi connectivity index (χ1v) is 12.6. The summed E-state index contributed by atoms with van der Waals surface area (Å²) in [5.41, 5.74) is 4.04. The maximum Gasteiger partial charge on any atom is 0.255 e. The van der Waals surface area contributed by atoms with E-state index in [9.17, 15) is 4.79 Å². The Morgan fingerprint density at radius 3 is 2.49 bits per heavy atom. The molecule has 1 N–H and O–H groups in total. The van der Waals surface area contributed by atoms with E-state index in [0.717, 1.165) is 43.2 Å². The number of methoxy groups -OCH3 is 1. The minimum Gasteiger partial charge on any atom is -0.493 e. The van der Waals surface area contributed by atoms with Gasteiger partial charge >= 0.3 is 0 Å². The van der Waals surface area contributed by atoms with Crippen LogP contribution in [0.3, 0.4) is 0 Å². The SMILES string of the molecule is COc1ccc(NC(=O)c2ccc(N3CCN(C(C)C)CC3)cc2)cc1OCc1cn2ccccc2n1. The number of ether oxygens (including phenoxy) is 2. The topological polar surface area (TPSA) is 71.3 Å². The third kappa shape index (κ3) is 5.70. The fraction of sp³-hybridized carbons (Fsp3) is 0.310. The minimum atomic E-state index is -0.173. The van der Waals surface area contributed by atoms with Crippen LogP contribution in [-0.2, 0) is 6.61 Å². The lowest BCUT2D eigenvalue weighted by atomic mass is 10.1. The van der Waals surface area contributed by atoms with Crippen LogP contribution in [0.15, 0.2) is 73.1 Å². The summed E-state index contributed by atoms with van der Waals surface area (Å²) in [5, 5.41) is 2.97. The van der Waals surface area contributed by atoms with Crippen LogP contribution in [0.1, 0.15) is 29.9 Å². The van der Waals surface area contributed by atoms with E-state index in [2.05, 4.69) is 33.9 Å². The highest BCUT2D eigenvalue weighted by Gasteiger charge is 2.19. The summed E-state index contributed by atoms with van der Waals surface area (Å²) in [6.07, 6.45) is 3.88. The van der Waals surface area contributed by atoms with E-state index in [1.807, 2.05) is 59.3 Å². The quantitative estimate of drug-likeness (QED) is 0.379. The minimum absolute atomic E-state index is 0.173. The Morgan fingerprint density at radius 1 is 1.00 bits per heavy atom. The highest BCUT2D eigenvalue weighted by molar-refractivity contribution is 6.04. The van der Waals surface area contributed by atoms with Crippen molar-refractivity contribution in [2.75, 3.05) is 43.5 Å². The molecule has 2 aromatic carbocycles. The number of hydrogen-bond acceptors (Lipinski definition) is 6. The zero-order chi connectivity index (χ0) is 25.8. The molecule has 1 aliphatic heterocycles. The Kier molecular flexibility index (Phi) is 7.28. The Morgan fingerprint density at radius 2 is 1.78 bits per heavy atom. The summed E-state index contributed by atoms with van der Waals surface area (Å²) in [5.74, 6) is 0.949. The first-order valence-electron chi connectivity index (χ1n) is 12.6. The largest absolute Gasteiger partial charge is 0.493 e. The molecule has 0 spiro atoms. The number of hydrogen-bond donors (Lipinski definition) is 1. The Labute approximate surface area is 217 Å². The standard InChI is InChI=1S/C29H33N5O3/c1-21(2)32-14-16-33(17-15-32)25-10-7-22(8-11-25)29(35)31-23-9-12-26(36-3)27(18-23)37-20-24-19-34-13-5-4-6-28(34)30-24/h4-13,18-19,21H,14-17,20H2,1-3H3,(H,31,35). The number of carbonyl (C=O) groups excluding carboxylic acids is 1. The van der Waals surface area contributed by atoms with Gasteiger partial charge in [0.05, 0.1) is 12.8 Å². The number of rotatable bonds is 8. The number of piperazine rings is 1. The van der Waals surface area contributed by atoms with Crippen molar-refractivity contribution in [1.29, 1.82) is 0 Å². The van der Waals surface area contributed by atoms with Gasteiger partial charge in [0.2, 0.25) is 0 Å². The van der Waals surface area contributed by atoms with Gasteiger partial charge in [0, 0.05) is 67.6 Å². The number of benzene rings is 2. The van der Waals surface area contributed by atoms with Crippen molar-refractivity contribution in [3.8, 4) is 11.5 Å². The molecule has 1 aliphatic rings. The molecule has 4 aromatic rings. The number of nitrogens with zero attached hydrogens (tertiary/aromatic N) is 4. The second kappa shape index (κ2) is 10.9. The molecule has 0 aliphatic carbocycles. The maximum absolute atomic E-state index is 12.9. The van der Waals surface area contributed by atoms with Gasteiger partial charge < -0.3 is 24.1 Å². The number of amides is 1. The first-order chi connectivity index (χ1) is 18.0. The summed E-state index contributed by atoms with van der Waals surface area (Å²) in [4.78, 5) is 22.4. The number of nitrogens with one attached hydrogen (secondary N) is 1. The molecule has 8 nitrogen and oxygen atoms in total. The molecule has 5 rings (SSSR count). The molecule has 1 saturated heterocycles. The number of imidazole rings is 1. The summed E-state index contributed by atoms with van der Waals surface area (Å²) >= 11 is 0. The highest BCUT2D eigenvalue weighted by Crippen LogP contribution is 2.31. The number of pyridine rings is 1. The molecule has 0 saturated carbocycles. The molecule has 0 radical (unpaired) electrons. The second-order valence-corrected chi connectivity index (χ2v) is 9.47. The van der Waals surface area contributed by atoms with Crippen LogP contribution < -0.4 is 19.7 Å². The monoisotopic (exact) mass is 499 g/mol. The lowest BCUT2D eigenvalue weighted by molar-refractivity contribution is 0.102. The van der Waals surface area contributed by atoms with Gasteiger partial charge in [-0.2, -0.15) is 0 Å². The average Bonchev–Trinajstić information content (AvgIpc) is 3.35. The Balaban J connectivity index is 1.22. The van der Waals surface area contributed by atoms with E-state index in [1.165, 1.54) is 0 Å². The highest BCUT2D eigenvalue weighted by atomic mass is 16.5. The van der Waals surface area contributed by atoms with Crippen LogP contribution in [0.25, 0.3) is 5.65 Å². The van der Waals surface area contributed by atoms with Crippen molar-refractivity contribution in [3.05, 3.63) is 84.3 Å². The molecule has 2 aromatic heterocycles. The van der Waals surface area contributed by atoms with E-state index in [1.54, 1.807) is 25.3 Å². The smallest absolute Gasteiger partial charge is 0.255 e. The summed E-state index contributed by atoms with van der Waals surface area (Å²) in [6.45, 7) is 8.85. The number of carbonyl (C=O) groups is 1. The van der Waals surface area contributed by atoms with Crippen molar-refractivity contribution >= 4 is 22.9 Å². The molecular weight excluding hydrogens is 466 g/mol. The maximum atomic E-state index is 12.9. The zero-order valence-corrected chi connectivity index (χ0v) is 21.6. The first kappa shape index (κ1) is 24.6. The van der Waals surface area contributed by atoms with E-state index in [4.69, 9.17) is 9.47 Å². The van der Waals surface area contributed by atoms with Gasteiger partial charge in [-0.3, -0.25) is 9.69 Å². The molecule has 1 amide bonds. The predicted molar refractivity (Wildman–Crippen MR) is 146 cm³/mol. The molecule has 1 fully saturated rings. The fourth-order valence-electron chi connectivity index (χ4n) is 4.60. The molecular formula is C29H33N5O3. The van der Waals surface area contributed by atoms with E-state index >= 15 is 0 Å². The molecule has 0 bridgehead atoms. The van der Waals surface area contributed by atoms with E-state index < -0.39 is 0 Å². The molecule has 192 valence electrons. The van der Waals surface area contributed by atoms with E-state index in [-0.39, 0.29) is 12.5 Å². The van der Waals surface area contributed by atoms with Gasteiger partial charge in [0.15, 0.2) is 11.5 Å². The lowest BCUT2D eigenvalue weighted by Crippen LogP contribution is -2.48. The molecule has 8 heteroatoms. The van der Waals surface area contributed by atoms with Gasteiger partial charge in [-0.05, 0) is 62.4 Å². The third-order valence-corrected chi connectivity index (χ3v) is 6.75. The summed E-state index contributed by atoms with van der Waals surface area (Å²) in [7, 11) is 1.59. The Hall–Kier alpha value is -4.04. The van der Waals surface area contributed by atoms with Crippen molar-refractivity contribution in [2.24, 2.45) is 0 Å². The third-order valence-electron chi connectivity index (χ3n) is 6.75. The van der Waals surface area contributed by atoms with Crippen LogP contribution in [0.4, 0.5) is 11.4 Å². The van der Waals surface area contributed by atoms with Crippen LogP contribution in [-0.4, -0.2) is 59.5 Å². The number of aromatic nitrogens is 2.